The number of likely N-dealkylation sites (tertiary alicyclic amines) is 1. The van der Waals surface area contributed by atoms with Crippen molar-refractivity contribution in [1.82, 2.24) is 10.2 Å². The summed E-state index contributed by atoms with van der Waals surface area (Å²) in [5.41, 5.74) is 0. The lowest BCUT2D eigenvalue weighted by Crippen LogP contribution is -2.22. The molecule has 2 unspecified atom stereocenters. The fourth-order valence-corrected chi connectivity index (χ4v) is 2.66. The van der Waals surface area contributed by atoms with Crippen LogP contribution in [0.25, 0.3) is 0 Å². The fraction of sp³-hybridized carbons (Fsp3) is 1.00. The van der Waals surface area contributed by atoms with E-state index in [0.717, 1.165) is 17.9 Å². The highest BCUT2D eigenvalue weighted by molar-refractivity contribution is 4.80. The van der Waals surface area contributed by atoms with Crippen LogP contribution in [-0.2, 0) is 0 Å². The van der Waals surface area contributed by atoms with E-state index in [1.807, 2.05) is 0 Å². The van der Waals surface area contributed by atoms with Gasteiger partial charge in [-0.05, 0) is 50.6 Å². The second-order valence-electron chi connectivity index (χ2n) is 6.00. The van der Waals surface area contributed by atoms with Crippen LogP contribution in [0.15, 0.2) is 0 Å². The zero-order valence-electron chi connectivity index (χ0n) is 11.0. The van der Waals surface area contributed by atoms with Gasteiger partial charge >= 0.3 is 0 Å². The maximum atomic E-state index is 3.59. The average molecular weight is 224 g/mol. The normalized spacial score (nSPS) is 31.1. The highest BCUT2D eigenvalue weighted by atomic mass is 15.1. The molecule has 1 aliphatic carbocycles. The van der Waals surface area contributed by atoms with Crippen molar-refractivity contribution in [2.75, 3.05) is 26.2 Å². The van der Waals surface area contributed by atoms with E-state index in [9.17, 15) is 0 Å². The molecule has 0 aromatic heterocycles. The first-order valence-electron chi connectivity index (χ1n) is 7.21. The molecule has 0 amide bonds. The van der Waals surface area contributed by atoms with Crippen LogP contribution < -0.4 is 5.32 Å². The van der Waals surface area contributed by atoms with Gasteiger partial charge in [-0.15, -0.1) is 0 Å². The lowest BCUT2D eigenvalue weighted by Gasteiger charge is -2.14. The molecule has 0 bridgehead atoms. The summed E-state index contributed by atoms with van der Waals surface area (Å²) >= 11 is 0. The van der Waals surface area contributed by atoms with Gasteiger partial charge in [-0.1, -0.05) is 20.3 Å². The van der Waals surface area contributed by atoms with Gasteiger partial charge < -0.3 is 10.2 Å². The van der Waals surface area contributed by atoms with Crippen LogP contribution in [-0.4, -0.2) is 37.1 Å². The molecule has 1 N–H and O–H groups in total. The second kappa shape index (κ2) is 6.02. The first-order chi connectivity index (χ1) is 7.75. The summed E-state index contributed by atoms with van der Waals surface area (Å²) in [6.07, 6.45) is 7.01. The SMILES string of the molecule is CC1CN(CCCCCNC2CC2)CC1C. The Hall–Kier alpha value is -0.0800. The molecule has 2 rings (SSSR count). The molecule has 2 atom stereocenters. The van der Waals surface area contributed by atoms with Crippen LogP contribution in [0.4, 0.5) is 0 Å². The smallest absolute Gasteiger partial charge is 0.00682 e. The second-order valence-corrected chi connectivity index (χ2v) is 6.00. The lowest BCUT2D eigenvalue weighted by molar-refractivity contribution is 0.314. The molecular weight excluding hydrogens is 196 g/mol. The van der Waals surface area contributed by atoms with Crippen molar-refractivity contribution in [1.29, 1.82) is 0 Å². The minimum absolute atomic E-state index is 0.889. The Balaban J connectivity index is 1.42. The Morgan fingerprint density at radius 3 is 2.31 bits per heavy atom. The summed E-state index contributed by atoms with van der Waals surface area (Å²) in [4.78, 5) is 2.66. The average Bonchev–Trinajstić information content (AvgIpc) is 3.01. The van der Waals surface area contributed by atoms with Crippen molar-refractivity contribution in [2.24, 2.45) is 11.8 Å². The van der Waals surface area contributed by atoms with Crippen LogP contribution in [0.5, 0.6) is 0 Å². The first-order valence-corrected chi connectivity index (χ1v) is 7.21. The van der Waals surface area contributed by atoms with Crippen molar-refractivity contribution in [3.63, 3.8) is 0 Å². The summed E-state index contributed by atoms with van der Waals surface area (Å²) in [6.45, 7) is 10.0. The van der Waals surface area contributed by atoms with E-state index < -0.39 is 0 Å². The largest absolute Gasteiger partial charge is 0.314 e. The minimum atomic E-state index is 0.889. The van der Waals surface area contributed by atoms with Crippen molar-refractivity contribution in [2.45, 2.75) is 52.0 Å². The van der Waals surface area contributed by atoms with Crippen LogP contribution in [0.2, 0.25) is 0 Å². The van der Waals surface area contributed by atoms with Gasteiger partial charge in [-0.3, -0.25) is 0 Å². The summed E-state index contributed by atoms with van der Waals surface area (Å²) < 4.78 is 0. The number of nitrogens with one attached hydrogen (secondary N) is 1. The van der Waals surface area contributed by atoms with Crippen LogP contribution in [0, 0.1) is 11.8 Å². The van der Waals surface area contributed by atoms with Gasteiger partial charge in [0.2, 0.25) is 0 Å². The molecule has 2 heteroatoms. The van der Waals surface area contributed by atoms with E-state index >= 15 is 0 Å². The van der Waals surface area contributed by atoms with Crippen molar-refractivity contribution >= 4 is 0 Å². The maximum absolute atomic E-state index is 3.59. The third kappa shape index (κ3) is 4.06. The van der Waals surface area contributed by atoms with Gasteiger partial charge in [0.25, 0.3) is 0 Å². The van der Waals surface area contributed by atoms with Crippen molar-refractivity contribution < 1.29 is 0 Å². The van der Waals surface area contributed by atoms with E-state index in [2.05, 4.69) is 24.1 Å². The monoisotopic (exact) mass is 224 g/mol. The molecular formula is C14H28N2. The Bertz CT molecular complexity index is 191. The molecule has 1 aliphatic heterocycles. The number of unbranched alkanes of at least 4 members (excludes halogenated alkanes) is 2. The molecule has 94 valence electrons. The quantitative estimate of drug-likeness (QED) is 0.668. The van der Waals surface area contributed by atoms with Gasteiger partial charge in [0.1, 0.15) is 0 Å². The van der Waals surface area contributed by atoms with Crippen LogP contribution in [0.1, 0.15) is 46.0 Å². The van der Waals surface area contributed by atoms with Crippen LogP contribution >= 0.6 is 0 Å². The predicted molar refractivity (Wildman–Crippen MR) is 69.6 cm³/mol. The third-order valence-corrected chi connectivity index (χ3v) is 4.23. The minimum Gasteiger partial charge on any atom is -0.314 e. The highest BCUT2D eigenvalue weighted by Crippen LogP contribution is 2.22. The molecule has 1 saturated heterocycles. The number of hydrogen-bond acceptors (Lipinski definition) is 2. The van der Waals surface area contributed by atoms with E-state index in [1.54, 1.807) is 0 Å². The predicted octanol–water partition coefficient (Wildman–Crippen LogP) is 2.50. The number of nitrogens with zero attached hydrogens (tertiary/aromatic N) is 1. The van der Waals surface area contributed by atoms with E-state index in [4.69, 9.17) is 0 Å². The molecule has 0 spiro atoms. The summed E-state index contributed by atoms with van der Waals surface area (Å²) in [7, 11) is 0. The topological polar surface area (TPSA) is 15.3 Å². The number of rotatable bonds is 7. The first kappa shape index (κ1) is 12.4. The zero-order chi connectivity index (χ0) is 11.4. The Morgan fingerprint density at radius 1 is 1.00 bits per heavy atom. The van der Waals surface area contributed by atoms with Gasteiger partial charge in [-0.2, -0.15) is 0 Å². The molecule has 16 heavy (non-hydrogen) atoms. The molecule has 1 saturated carbocycles. The fourth-order valence-electron chi connectivity index (χ4n) is 2.66. The molecule has 1 heterocycles. The van der Waals surface area contributed by atoms with Gasteiger partial charge in [0, 0.05) is 19.1 Å². The lowest BCUT2D eigenvalue weighted by atomic mass is 10.0. The maximum Gasteiger partial charge on any atom is 0.00682 e. The molecule has 0 aromatic rings. The summed E-state index contributed by atoms with van der Waals surface area (Å²) in [5, 5.41) is 3.59. The standard InChI is InChI=1S/C14H28N2/c1-12-10-16(11-13(12)2)9-5-3-4-8-15-14-6-7-14/h12-15H,3-11H2,1-2H3. The van der Waals surface area contributed by atoms with Crippen molar-refractivity contribution in [3.8, 4) is 0 Å². The molecule has 2 fully saturated rings. The molecule has 2 nitrogen and oxygen atoms in total. The summed E-state index contributed by atoms with van der Waals surface area (Å²) in [5.74, 6) is 1.83. The van der Waals surface area contributed by atoms with E-state index in [0.29, 0.717) is 0 Å². The molecule has 0 aromatic carbocycles. The number of hydrogen-bond donors (Lipinski definition) is 1. The zero-order valence-corrected chi connectivity index (χ0v) is 11.0. The summed E-state index contributed by atoms with van der Waals surface area (Å²) in [6, 6.07) is 0.889. The highest BCUT2D eigenvalue weighted by Gasteiger charge is 2.25. The van der Waals surface area contributed by atoms with Gasteiger partial charge in [0.05, 0.1) is 0 Å². The molecule has 2 aliphatic rings. The van der Waals surface area contributed by atoms with Crippen LogP contribution in [0.3, 0.4) is 0 Å². The Kier molecular flexibility index (Phi) is 4.66. The Morgan fingerprint density at radius 2 is 1.69 bits per heavy atom. The van der Waals surface area contributed by atoms with Crippen molar-refractivity contribution in [3.05, 3.63) is 0 Å². The van der Waals surface area contributed by atoms with Gasteiger partial charge in [0.15, 0.2) is 0 Å². The third-order valence-electron chi connectivity index (χ3n) is 4.23. The Labute approximate surface area is 101 Å². The molecule has 0 radical (unpaired) electrons. The van der Waals surface area contributed by atoms with E-state index in [1.165, 1.54) is 58.3 Å². The van der Waals surface area contributed by atoms with Gasteiger partial charge in [-0.25, -0.2) is 0 Å². The van der Waals surface area contributed by atoms with E-state index in [-0.39, 0.29) is 0 Å².